The number of benzene rings is 2. The number of aromatic hydroxyl groups is 1. The van der Waals surface area contributed by atoms with Crippen molar-refractivity contribution in [2.75, 3.05) is 0 Å². The average Bonchev–Trinajstić information content (AvgIpc) is 2.34. The van der Waals surface area contributed by atoms with E-state index in [1.165, 1.54) is 23.9 Å². The molecule has 0 radical (unpaired) electrons. The highest BCUT2D eigenvalue weighted by molar-refractivity contribution is 9.10. The standard InChI is InChI=1S/C13H9BrO3S/c14-9-2-4-10(5-3-9)18-12-6-1-8(13(16)17)7-11(12)15/h1-7,15H,(H,16,17). The molecular weight excluding hydrogens is 316 g/mol. The number of hydrogen-bond donors (Lipinski definition) is 2. The number of carboxylic acids is 1. The minimum absolute atomic E-state index is 0.0252. The van der Waals surface area contributed by atoms with E-state index in [4.69, 9.17) is 5.11 Å². The van der Waals surface area contributed by atoms with E-state index in [2.05, 4.69) is 15.9 Å². The third-order valence-corrected chi connectivity index (χ3v) is 3.85. The van der Waals surface area contributed by atoms with Crippen molar-refractivity contribution < 1.29 is 15.0 Å². The smallest absolute Gasteiger partial charge is 0.335 e. The van der Waals surface area contributed by atoms with Crippen LogP contribution in [0.25, 0.3) is 0 Å². The van der Waals surface area contributed by atoms with Crippen LogP contribution < -0.4 is 0 Å². The molecule has 0 aliphatic heterocycles. The quantitative estimate of drug-likeness (QED) is 0.895. The van der Waals surface area contributed by atoms with Crippen molar-refractivity contribution in [2.45, 2.75) is 9.79 Å². The summed E-state index contributed by atoms with van der Waals surface area (Å²) in [5, 5.41) is 18.6. The molecule has 0 bridgehead atoms. The molecule has 0 amide bonds. The predicted molar refractivity (Wildman–Crippen MR) is 73.3 cm³/mol. The highest BCUT2D eigenvalue weighted by Crippen LogP contribution is 2.35. The van der Waals surface area contributed by atoms with Gasteiger partial charge in [0, 0.05) is 9.37 Å². The molecule has 3 nitrogen and oxygen atoms in total. The molecule has 2 aromatic carbocycles. The molecule has 0 aliphatic carbocycles. The van der Waals surface area contributed by atoms with Gasteiger partial charge in [-0.1, -0.05) is 27.7 Å². The Morgan fingerprint density at radius 2 is 1.78 bits per heavy atom. The van der Waals surface area contributed by atoms with Crippen LogP contribution in [0.5, 0.6) is 5.75 Å². The Balaban J connectivity index is 2.24. The fourth-order valence-corrected chi connectivity index (χ4v) is 2.46. The molecule has 0 saturated heterocycles. The number of aromatic carboxylic acids is 1. The highest BCUT2D eigenvalue weighted by atomic mass is 79.9. The molecule has 2 rings (SSSR count). The van der Waals surface area contributed by atoms with Gasteiger partial charge in [-0.3, -0.25) is 0 Å². The van der Waals surface area contributed by atoms with Crippen LogP contribution in [0.15, 0.2) is 56.7 Å². The summed E-state index contributed by atoms with van der Waals surface area (Å²) in [4.78, 5) is 12.3. The molecule has 18 heavy (non-hydrogen) atoms. The maximum Gasteiger partial charge on any atom is 0.335 e. The van der Waals surface area contributed by atoms with Crippen molar-refractivity contribution in [1.29, 1.82) is 0 Å². The average molecular weight is 325 g/mol. The van der Waals surface area contributed by atoms with Crippen molar-refractivity contribution >= 4 is 33.7 Å². The lowest BCUT2D eigenvalue weighted by molar-refractivity contribution is 0.0696. The molecule has 0 unspecified atom stereocenters. The monoisotopic (exact) mass is 324 g/mol. The maximum absolute atomic E-state index is 10.7. The van der Waals surface area contributed by atoms with Gasteiger partial charge in [-0.05, 0) is 42.5 Å². The summed E-state index contributed by atoms with van der Waals surface area (Å²) >= 11 is 4.73. The molecule has 92 valence electrons. The fourth-order valence-electron chi connectivity index (χ4n) is 1.37. The van der Waals surface area contributed by atoms with Gasteiger partial charge < -0.3 is 10.2 Å². The van der Waals surface area contributed by atoms with E-state index in [0.29, 0.717) is 4.90 Å². The molecule has 0 spiro atoms. The van der Waals surface area contributed by atoms with Crippen LogP contribution in [0.2, 0.25) is 0 Å². The Kier molecular flexibility index (Phi) is 3.93. The van der Waals surface area contributed by atoms with Crippen molar-refractivity contribution in [3.8, 4) is 5.75 Å². The topological polar surface area (TPSA) is 57.5 Å². The van der Waals surface area contributed by atoms with Crippen LogP contribution in [-0.4, -0.2) is 16.2 Å². The second kappa shape index (κ2) is 5.46. The summed E-state index contributed by atoms with van der Waals surface area (Å²) < 4.78 is 0.984. The third-order valence-electron chi connectivity index (χ3n) is 2.25. The van der Waals surface area contributed by atoms with Gasteiger partial charge in [0.2, 0.25) is 0 Å². The number of halogens is 1. The fraction of sp³-hybridized carbons (Fsp3) is 0. The number of carbonyl (C=O) groups is 1. The Morgan fingerprint density at radius 3 is 2.33 bits per heavy atom. The largest absolute Gasteiger partial charge is 0.507 e. The van der Waals surface area contributed by atoms with Crippen molar-refractivity contribution in [3.05, 3.63) is 52.5 Å². The summed E-state index contributed by atoms with van der Waals surface area (Å²) in [5.74, 6) is -1.08. The summed E-state index contributed by atoms with van der Waals surface area (Å²) in [7, 11) is 0. The summed E-state index contributed by atoms with van der Waals surface area (Å²) in [6.07, 6.45) is 0. The molecule has 0 aromatic heterocycles. The zero-order chi connectivity index (χ0) is 13.1. The number of phenolic OH excluding ortho intramolecular Hbond substituents is 1. The van der Waals surface area contributed by atoms with Gasteiger partial charge in [0.1, 0.15) is 5.75 Å². The first-order valence-electron chi connectivity index (χ1n) is 5.06. The van der Waals surface area contributed by atoms with E-state index < -0.39 is 5.97 Å². The molecular formula is C13H9BrO3S. The molecule has 0 aliphatic rings. The van der Waals surface area contributed by atoms with Crippen LogP contribution in [0.4, 0.5) is 0 Å². The van der Waals surface area contributed by atoms with Crippen molar-refractivity contribution in [3.63, 3.8) is 0 Å². The van der Waals surface area contributed by atoms with E-state index in [-0.39, 0.29) is 11.3 Å². The van der Waals surface area contributed by atoms with Crippen LogP contribution in [0, 0.1) is 0 Å². The first-order valence-corrected chi connectivity index (χ1v) is 6.67. The summed E-state index contributed by atoms with van der Waals surface area (Å²) in [6, 6.07) is 12.0. The van der Waals surface area contributed by atoms with Crippen molar-refractivity contribution in [2.24, 2.45) is 0 Å². The lowest BCUT2D eigenvalue weighted by Gasteiger charge is -2.05. The molecule has 2 N–H and O–H groups in total. The minimum Gasteiger partial charge on any atom is -0.507 e. The number of carboxylic acid groups (broad SMARTS) is 1. The first kappa shape index (κ1) is 13.0. The van der Waals surface area contributed by atoms with Crippen LogP contribution in [-0.2, 0) is 0 Å². The van der Waals surface area contributed by atoms with E-state index in [1.807, 2.05) is 24.3 Å². The zero-order valence-corrected chi connectivity index (χ0v) is 11.5. The van der Waals surface area contributed by atoms with E-state index in [1.54, 1.807) is 6.07 Å². The summed E-state index contributed by atoms with van der Waals surface area (Å²) in [5.41, 5.74) is 0.0765. The number of hydrogen-bond acceptors (Lipinski definition) is 3. The molecule has 0 atom stereocenters. The van der Waals surface area contributed by atoms with Crippen LogP contribution in [0.3, 0.4) is 0 Å². The van der Waals surface area contributed by atoms with Gasteiger partial charge in [0.25, 0.3) is 0 Å². The predicted octanol–water partition coefficient (Wildman–Crippen LogP) is 4.00. The van der Waals surface area contributed by atoms with Gasteiger partial charge >= 0.3 is 5.97 Å². The second-order valence-corrected chi connectivity index (χ2v) is 5.57. The SMILES string of the molecule is O=C(O)c1ccc(Sc2ccc(Br)cc2)c(O)c1. The normalized spacial score (nSPS) is 10.3. The Hall–Kier alpha value is -1.46. The Morgan fingerprint density at radius 1 is 1.11 bits per heavy atom. The lowest BCUT2D eigenvalue weighted by Crippen LogP contribution is -1.95. The first-order chi connectivity index (χ1) is 8.56. The zero-order valence-electron chi connectivity index (χ0n) is 9.13. The summed E-state index contributed by atoms with van der Waals surface area (Å²) in [6.45, 7) is 0. The molecule has 2 aromatic rings. The van der Waals surface area contributed by atoms with Gasteiger partial charge in [-0.15, -0.1) is 0 Å². The Bertz CT molecular complexity index is 581. The number of rotatable bonds is 3. The molecule has 0 fully saturated rings. The van der Waals surface area contributed by atoms with Gasteiger partial charge in [0.15, 0.2) is 0 Å². The maximum atomic E-state index is 10.7. The molecule has 0 heterocycles. The second-order valence-electron chi connectivity index (χ2n) is 3.54. The highest BCUT2D eigenvalue weighted by Gasteiger charge is 2.08. The Labute approximate surface area is 117 Å². The minimum atomic E-state index is -1.05. The van der Waals surface area contributed by atoms with E-state index in [9.17, 15) is 9.90 Å². The van der Waals surface area contributed by atoms with Gasteiger partial charge in [0.05, 0.1) is 10.5 Å². The van der Waals surface area contributed by atoms with Crippen molar-refractivity contribution in [1.82, 2.24) is 0 Å². The third kappa shape index (κ3) is 3.05. The molecule has 5 heteroatoms. The molecule has 0 saturated carbocycles. The van der Waals surface area contributed by atoms with Crippen LogP contribution >= 0.6 is 27.7 Å². The van der Waals surface area contributed by atoms with Crippen LogP contribution in [0.1, 0.15) is 10.4 Å². The lowest BCUT2D eigenvalue weighted by atomic mass is 10.2. The van der Waals surface area contributed by atoms with E-state index in [0.717, 1.165) is 9.37 Å². The van der Waals surface area contributed by atoms with Gasteiger partial charge in [-0.2, -0.15) is 0 Å². The van der Waals surface area contributed by atoms with E-state index >= 15 is 0 Å². The number of phenols is 1. The van der Waals surface area contributed by atoms with Gasteiger partial charge in [-0.25, -0.2) is 4.79 Å².